The highest BCUT2D eigenvalue weighted by atomic mass is 35.5. The van der Waals surface area contributed by atoms with Crippen LogP contribution in [0.4, 0.5) is 4.39 Å². The van der Waals surface area contributed by atoms with E-state index < -0.39 is 0 Å². The van der Waals surface area contributed by atoms with E-state index in [1.165, 1.54) is 17.8 Å². The van der Waals surface area contributed by atoms with Crippen molar-refractivity contribution >= 4 is 23.4 Å². The normalized spacial score (nSPS) is 10.6. The summed E-state index contributed by atoms with van der Waals surface area (Å²) in [6, 6.07) is 26.7. The van der Waals surface area contributed by atoms with Gasteiger partial charge in [0, 0.05) is 27.5 Å². The third kappa shape index (κ3) is 4.64. The lowest BCUT2D eigenvalue weighted by molar-refractivity contribution is 0.617. The molecule has 0 aliphatic heterocycles. The smallest absolute Gasteiger partial charge is 0.128 e. The van der Waals surface area contributed by atoms with E-state index >= 15 is 0 Å². The number of benzene rings is 3. The number of aromatic nitrogens is 1. The van der Waals surface area contributed by atoms with Gasteiger partial charge in [0.2, 0.25) is 0 Å². The molecule has 3 aromatic carbocycles. The molecular weight excluding hydrogens is 427 g/mol. The van der Waals surface area contributed by atoms with Gasteiger partial charge in [0.15, 0.2) is 0 Å². The highest BCUT2D eigenvalue weighted by molar-refractivity contribution is 7.98. The van der Waals surface area contributed by atoms with Crippen molar-refractivity contribution in [2.45, 2.75) is 17.7 Å². The van der Waals surface area contributed by atoms with Crippen LogP contribution in [0.25, 0.3) is 22.4 Å². The lowest BCUT2D eigenvalue weighted by Crippen LogP contribution is -1.97. The summed E-state index contributed by atoms with van der Waals surface area (Å²) >= 11 is 7.52. The third-order valence-electron chi connectivity index (χ3n) is 4.95. The molecule has 1 aromatic heterocycles. The summed E-state index contributed by atoms with van der Waals surface area (Å²) in [6.45, 7) is 2.03. The molecule has 0 N–H and O–H groups in total. The Morgan fingerprint density at radius 2 is 1.71 bits per heavy atom. The largest absolute Gasteiger partial charge is 0.240 e. The van der Waals surface area contributed by atoms with E-state index in [9.17, 15) is 9.65 Å². The van der Waals surface area contributed by atoms with E-state index in [0.717, 1.165) is 27.9 Å². The van der Waals surface area contributed by atoms with Crippen LogP contribution in [0, 0.1) is 24.1 Å². The van der Waals surface area contributed by atoms with Gasteiger partial charge in [-0.2, -0.15) is 5.26 Å². The summed E-state index contributed by atoms with van der Waals surface area (Å²) in [5, 5.41) is 10.9. The van der Waals surface area contributed by atoms with Crippen molar-refractivity contribution in [1.82, 2.24) is 4.98 Å². The first-order valence-corrected chi connectivity index (χ1v) is 11.1. The van der Waals surface area contributed by atoms with Gasteiger partial charge in [0.25, 0.3) is 0 Å². The Labute approximate surface area is 190 Å². The Morgan fingerprint density at radius 1 is 0.968 bits per heavy atom. The monoisotopic (exact) mass is 444 g/mol. The summed E-state index contributed by atoms with van der Waals surface area (Å²) in [6.07, 6.45) is 0. The first-order chi connectivity index (χ1) is 15.1. The molecule has 2 nitrogen and oxygen atoms in total. The van der Waals surface area contributed by atoms with Crippen LogP contribution in [0.1, 0.15) is 16.7 Å². The zero-order valence-electron chi connectivity index (χ0n) is 16.8. The van der Waals surface area contributed by atoms with Crippen LogP contribution in [0.3, 0.4) is 0 Å². The zero-order chi connectivity index (χ0) is 21.8. The van der Waals surface area contributed by atoms with Gasteiger partial charge >= 0.3 is 0 Å². The lowest BCUT2D eigenvalue weighted by atomic mass is 9.99. The minimum atomic E-state index is -0.364. The van der Waals surface area contributed by atoms with Crippen LogP contribution in [-0.2, 0) is 5.75 Å². The van der Waals surface area contributed by atoms with Gasteiger partial charge in [-0.15, -0.1) is 11.8 Å². The molecule has 0 aliphatic carbocycles. The number of aryl methyl sites for hydroxylation is 1. The molecule has 31 heavy (non-hydrogen) atoms. The van der Waals surface area contributed by atoms with Crippen molar-refractivity contribution < 1.29 is 4.39 Å². The standard InChI is InChI=1S/C26H18ClFN2S/c1-17-10-12-19(13-11-17)25-14-20(18-6-3-2-4-7-18)21(15-29)26(30-25)31-16-22-23(27)8-5-9-24(22)28/h2-14H,16H2,1H3. The molecule has 0 bridgehead atoms. The quantitative estimate of drug-likeness (QED) is 0.296. The first kappa shape index (κ1) is 21.1. The maximum atomic E-state index is 14.3. The zero-order valence-corrected chi connectivity index (χ0v) is 18.3. The molecule has 0 fully saturated rings. The molecule has 1 heterocycles. The Kier molecular flexibility index (Phi) is 6.36. The van der Waals surface area contributed by atoms with Gasteiger partial charge in [0.1, 0.15) is 16.9 Å². The first-order valence-electron chi connectivity index (χ1n) is 9.70. The Balaban J connectivity index is 1.83. The summed E-state index contributed by atoms with van der Waals surface area (Å²) in [7, 11) is 0. The molecule has 0 amide bonds. The molecule has 0 atom stereocenters. The van der Waals surface area contributed by atoms with Crippen LogP contribution in [0.5, 0.6) is 0 Å². The molecule has 0 spiro atoms. The maximum Gasteiger partial charge on any atom is 0.128 e. The molecule has 0 saturated carbocycles. The SMILES string of the molecule is Cc1ccc(-c2cc(-c3ccccc3)c(C#N)c(SCc3c(F)cccc3Cl)n2)cc1. The average Bonchev–Trinajstić information content (AvgIpc) is 2.79. The predicted octanol–water partition coefficient (Wildman–Crippen LogP) is 7.68. The average molecular weight is 445 g/mol. The minimum Gasteiger partial charge on any atom is -0.240 e. The van der Waals surface area contributed by atoms with E-state index in [4.69, 9.17) is 16.6 Å². The predicted molar refractivity (Wildman–Crippen MR) is 126 cm³/mol. The van der Waals surface area contributed by atoms with Crippen molar-refractivity contribution in [3.05, 3.63) is 106 Å². The van der Waals surface area contributed by atoms with Crippen molar-refractivity contribution in [2.75, 3.05) is 0 Å². The Morgan fingerprint density at radius 3 is 2.39 bits per heavy atom. The van der Waals surface area contributed by atoms with Crippen molar-refractivity contribution in [3.8, 4) is 28.5 Å². The van der Waals surface area contributed by atoms with Gasteiger partial charge in [-0.05, 0) is 30.7 Å². The van der Waals surface area contributed by atoms with Gasteiger partial charge < -0.3 is 0 Å². The molecular formula is C26H18ClFN2S. The number of hydrogen-bond donors (Lipinski definition) is 0. The summed E-state index contributed by atoms with van der Waals surface area (Å²) in [4.78, 5) is 4.78. The van der Waals surface area contributed by atoms with Crippen molar-refractivity contribution in [1.29, 1.82) is 5.26 Å². The second-order valence-electron chi connectivity index (χ2n) is 7.07. The van der Waals surface area contributed by atoms with Crippen LogP contribution in [-0.4, -0.2) is 4.98 Å². The maximum absolute atomic E-state index is 14.3. The van der Waals surface area contributed by atoms with E-state index in [1.807, 2.05) is 67.6 Å². The molecule has 0 saturated heterocycles. The van der Waals surface area contributed by atoms with Gasteiger partial charge in [-0.25, -0.2) is 9.37 Å². The summed E-state index contributed by atoms with van der Waals surface area (Å²) in [5.74, 6) is -0.0878. The molecule has 4 aromatic rings. The number of thioether (sulfide) groups is 1. The third-order valence-corrected chi connectivity index (χ3v) is 6.30. The van der Waals surface area contributed by atoms with Crippen molar-refractivity contribution in [2.24, 2.45) is 0 Å². The fourth-order valence-corrected chi connectivity index (χ4v) is 4.61. The molecule has 0 unspecified atom stereocenters. The number of hydrogen-bond acceptors (Lipinski definition) is 3. The minimum absolute atomic E-state index is 0.277. The molecule has 5 heteroatoms. The summed E-state index contributed by atoms with van der Waals surface area (Å²) in [5.41, 5.74) is 5.49. The van der Waals surface area contributed by atoms with Crippen LogP contribution in [0.15, 0.2) is 83.9 Å². The van der Waals surface area contributed by atoms with E-state index in [2.05, 4.69) is 6.07 Å². The topological polar surface area (TPSA) is 36.7 Å². The number of pyridine rings is 1. The molecule has 152 valence electrons. The fraction of sp³-hybridized carbons (Fsp3) is 0.0769. The van der Waals surface area contributed by atoms with Gasteiger partial charge in [-0.3, -0.25) is 0 Å². The van der Waals surface area contributed by atoms with E-state index in [-0.39, 0.29) is 11.6 Å². The highest BCUT2D eigenvalue weighted by Crippen LogP contribution is 2.36. The molecule has 0 aliphatic rings. The van der Waals surface area contributed by atoms with Gasteiger partial charge in [-0.1, -0.05) is 77.8 Å². The fourth-order valence-electron chi connectivity index (χ4n) is 3.26. The van der Waals surface area contributed by atoms with Crippen LogP contribution < -0.4 is 0 Å². The Bertz CT molecular complexity index is 1250. The number of rotatable bonds is 5. The van der Waals surface area contributed by atoms with Crippen LogP contribution in [0.2, 0.25) is 5.02 Å². The van der Waals surface area contributed by atoms with E-state index in [1.54, 1.807) is 12.1 Å². The van der Waals surface area contributed by atoms with E-state index in [0.29, 0.717) is 21.2 Å². The van der Waals surface area contributed by atoms with Crippen molar-refractivity contribution in [3.63, 3.8) is 0 Å². The highest BCUT2D eigenvalue weighted by Gasteiger charge is 2.17. The number of nitrogens with zero attached hydrogens (tertiary/aromatic N) is 2. The Hall–Kier alpha value is -3.13. The molecule has 4 rings (SSSR count). The molecule has 0 radical (unpaired) electrons. The number of nitriles is 1. The second kappa shape index (κ2) is 9.34. The van der Waals surface area contributed by atoms with Crippen LogP contribution >= 0.6 is 23.4 Å². The second-order valence-corrected chi connectivity index (χ2v) is 8.44. The van der Waals surface area contributed by atoms with Gasteiger partial charge in [0.05, 0.1) is 11.3 Å². The summed E-state index contributed by atoms with van der Waals surface area (Å²) < 4.78 is 14.3. The number of halogens is 2. The lowest BCUT2D eigenvalue weighted by Gasteiger charge is -2.13.